The summed E-state index contributed by atoms with van der Waals surface area (Å²) in [5.74, 6) is 0.860. The monoisotopic (exact) mass is 304 g/mol. The van der Waals surface area contributed by atoms with E-state index in [9.17, 15) is 13.9 Å². The van der Waals surface area contributed by atoms with Crippen LogP contribution in [0.5, 0.6) is 11.5 Å². The summed E-state index contributed by atoms with van der Waals surface area (Å²) in [6, 6.07) is 7.63. The van der Waals surface area contributed by atoms with Crippen LogP contribution in [0.15, 0.2) is 36.4 Å². The van der Waals surface area contributed by atoms with Crippen LogP contribution in [0.1, 0.15) is 11.1 Å². The first-order chi connectivity index (χ1) is 10.5. The number of hydrogen-bond acceptors (Lipinski definition) is 3. The lowest BCUT2D eigenvalue weighted by molar-refractivity contribution is 0.144. The lowest BCUT2D eigenvalue weighted by Gasteiger charge is -2.24. The van der Waals surface area contributed by atoms with Gasteiger partial charge in [0.05, 0.1) is 14.2 Å². The maximum absolute atomic E-state index is 13.8. The first-order valence-electron chi connectivity index (χ1n) is 6.34. The van der Waals surface area contributed by atoms with Gasteiger partial charge in [0.15, 0.2) is 28.7 Å². The van der Waals surface area contributed by atoms with Crippen molar-refractivity contribution in [3.05, 3.63) is 59.2 Å². The zero-order valence-corrected chi connectivity index (χ0v) is 12.1. The molecule has 0 saturated carbocycles. The molecule has 0 aliphatic heterocycles. The molecule has 2 aromatic carbocycles. The molecule has 0 aliphatic rings. The minimum absolute atomic E-state index is 0.0176. The minimum atomic E-state index is -1.97. The molecular formula is C17H14F2O3. The molecule has 5 heteroatoms. The number of halogens is 2. The zero-order chi connectivity index (χ0) is 16.3. The van der Waals surface area contributed by atoms with E-state index in [1.807, 2.05) is 0 Å². The molecule has 0 amide bonds. The minimum Gasteiger partial charge on any atom is -0.494 e. The molecule has 22 heavy (non-hydrogen) atoms. The predicted molar refractivity (Wildman–Crippen MR) is 77.7 cm³/mol. The van der Waals surface area contributed by atoms with Crippen molar-refractivity contribution in [2.24, 2.45) is 0 Å². The highest BCUT2D eigenvalue weighted by atomic mass is 19.1. The van der Waals surface area contributed by atoms with Crippen molar-refractivity contribution in [1.82, 2.24) is 0 Å². The summed E-state index contributed by atoms with van der Waals surface area (Å²) in [5, 5.41) is 10.7. The van der Waals surface area contributed by atoms with Gasteiger partial charge in [-0.15, -0.1) is 6.42 Å². The SMILES string of the molecule is C#CC(O)(c1ccc(OC)c(F)c1)c1ccc(OC)c(F)c1. The Labute approximate surface area is 127 Å². The van der Waals surface area contributed by atoms with Crippen LogP contribution in [0.3, 0.4) is 0 Å². The molecule has 0 bridgehead atoms. The van der Waals surface area contributed by atoms with Crippen LogP contribution in [0.2, 0.25) is 0 Å². The van der Waals surface area contributed by atoms with Gasteiger partial charge in [0.2, 0.25) is 0 Å². The molecule has 0 aliphatic carbocycles. The first kappa shape index (κ1) is 15.8. The molecule has 2 rings (SSSR count). The highest BCUT2D eigenvalue weighted by Gasteiger charge is 2.31. The van der Waals surface area contributed by atoms with E-state index in [1.165, 1.54) is 38.5 Å². The van der Waals surface area contributed by atoms with E-state index < -0.39 is 17.2 Å². The van der Waals surface area contributed by atoms with Crippen LogP contribution in [-0.2, 0) is 5.60 Å². The van der Waals surface area contributed by atoms with Gasteiger partial charge >= 0.3 is 0 Å². The largest absolute Gasteiger partial charge is 0.494 e. The Morgan fingerprint density at radius 1 is 0.955 bits per heavy atom. The number of rotatable bonds is 4. The fourth-order valence-electron chi connectivity index (χ4n) is 2.12. The van der Waals surface area contributed by atoms with Crippen molar-refractivity contribution in [2.75, 3.05) is 14.2 Å². The Morgan fingerprint density at radius 3 is 1.64 bits per heavy atom. The van der Waals surface area contributed by atoms with Gasteiger partial charge in [0.1, 0.15) is 0 Å². The Balaban J connectivity index is 2.55. The van der Waals surface area contributed by atoms with E-state index in [1.54, 1.807) is 0 Å². The highest BCUT2D eigenvalue weighted by Crippen LogP contribution is 2.33. The van der Waals surface area contributed by atoms with Gasteiger partial charge in [0.25, 0.3) is 0 Å². The normalized spacial score (nSPS) is 10.9. The number of hydrogen-bond donors (Lipinski definition) is 1. The highest BCUT2D eigenvalue weighted by molar-refractivity contribution is 5.47. The van der Waals surface area contributed by atoms with E-state index in [0.717, 1.165) is 12.1 Å². The van der Waals surface area contributed by atoms with Gasteiger partial charge in [-0.2, -0.15) is 0 Å². The van der Waals surface area contributed by atoms with Gasteiger partial charge in [-0.05, 0) is 24.3 Å². The van der Waals surface area contributed by atoms with E-state index in [0.29, 0.717) is 0 Å². The molecule has 0 aromatic heterocycles. The van der Waals surface area contributed by atoms with Crippen molar-refractivity contribution in [3.63, 3.8) is 0 Å². The Bertz CT molecular complexity index is 682. The summed E-state index contributed by atoms with van der Waals surface area (Å²) in [6.07, 6.45) is 5.40. The maximum atomic E-state index is 13.8. The predicted octanol–water partition coefficient (Wildman–Crippen LogP) is 2.85. The number of ether oxygens (including phenoxy) is 2. The lowest BCUT2D eigenvalue weighted by atomic mass is 9.87. The molecule has 0 fully saturated rings. The Kier molecular flexibility index (Phi) is 4.34. The molecule has 3 nitrogen and oxygen atoms in total. The van der Waals surface area contributed by atoms with Crippen LogP contribution < -0.4 is 9.47 Å². The summed E-state index contributed by atoms with van der Waals surface area (Å²) in [7, 11) is 2.65. The van der Waals surface area contributed by atoms with Crippen molar-refractivity contribution < 1.29 is 23.4 Å². The van der Waals surface area contributed by atoms with Gasteiger partial charge in [0, 0.05) is 11.1 Å². The topological polar surface area (TPSA) is 38.7 Å². The fraction of sp³-hybridized carbons (Fsp3) is 0.176. The van der Waals surface area contributed by atoms with Gasteiger partial charge < -0.3 is 14.6 Å². The summed E-state index contributed by atoms with van der Waals surface area (Å²) in [5.41, 5.74) is -1.78. The average molecular weight is 304 g/mol. The zero-order valence-electron chi connectivity index (χ0n) is 12.1. The van der Waals surface area contributed by atoms with Gasteiger partial charge in [-0.25, -0.2) is 8.78 Å². The second-order valence-corrected chi connectivity index (χ2v) is 4.55. The van der Waals surface area contributed by atoms with Crippen molar-refractivity contribution in [3.8, 4) is 23.8 Å². The number of benzene rings is 2. The molecule has 0 unspecified atom stereocenters. The van der Waals surface area contributed by atoms with Crippen LogP contribution in [0, 0.1) is 24.0 Å². The van der Waals surface area contributed by atoms with Crippen LogP contribution in [0.4, 0.5) is 8.78 Å². The molecule has 0 saturated heterocycles. The smallest absolute Gasteiger partial charge is 0.176 e. The quantitative estimate of drug-likeness (QED) is 0.883. The Morgan fingerprint density at radius 2 is 1.36 bits per heavy atom. The molecule has 0 atom stereocenters. The van der Waals surface area contributed by atoms with Crippen LogP contribution in [-0.4, -0.2) is 19.3 Å². The summed E-state index contributed by atoms with van der Waals surface area (Å²) in [6.45, 7) is 0. The second kappa shape index (κ2) is 6.04. The standard InChI is InChI=1S/C17H14F2O3/c1-4-17(20,11-5-7-15(21-2)13(18)9-11)12-6-8-16(22-3)14(19)10-12/h1,5-10,20H,2-3H3. The summed E-state index contributed by atoms with van der Waals surface area (Å²) < 4.78 is 37.3. The fourth-order valence-corrected chi connectivity index (χ4v) is 2.12. The molecule has 114 valence electrons. The van der Waals surface area contributed by atoms with Crippen LogP contribution in [0.25, 0.3) is 0 Å². The molecule has 0 heterocycles. The molecule has 0 radical (unpaired) electrons. The van der Waals surface area contributed by atoms with Crippen molar-refractivity contribution in [1.29, 1.82) is 0 Å². The molecule has 0 spiro atoms. The van der Waals surface area contributed by atoms with Crippen molar-refractivity contribution >= 4 is 0 Å². The van der Waals surface area contributed by atoms with E-state index >= 15 is 0 Å². The Hall–Kier alpha value is -2.58. The second-order valence-electron chi connectivity index (χ2n) is 4.55. The third-order valence-corrected chi connectivity index (χ3v) is 3.35. The molecule has 1 N–H and O–H groups in total. The lowest BCUT2D eigenvalue weighted by Crippen LogP contribution is -2.25. The number of methoxy groups -OCH3 is 2. The third kappa shape index (κ3) is 2.61. The van der Waals surface area contributed by atoms with Gasteiger partial charge in [-0.1, -0.05) is 18.1 Å². The average Bonchev–Trinajstić information content (AvgIpc) is 2.53. The van der Waals surface area contributed by atoms with Gasteiger partial charge in [-0.3, -0.25) is 0 Å². The molecule has 2 aromatic rings. The summed E-state index contributed by atoms with van der Waals surface area (Å²) >= 11 is 0. The number of terminal acetylenes is 1. The van der Waals surface area contributed by atoms with E-state index in [4.69, 9.17) is 15.9 Å². The number of aliphatic hydroxyl groups is 1. The first-order valence-corrected chi connectivity index (χ1v) is 6.34. The summed E-state index contributed by atoms with van der Waals surface area (Å²) in [4.78, 5) is 0. The molecular weight excluding hydrogens is 290 g/mol. The maximum Gasteiger partial charge on any atom is 0.176 e. The van der Waals surface area contributed by atoms with E-state index in [2.05, 4.69) is 5.92 Å². The van der Waals surface area contributed by atoms with Crippen molar-refractivity contribution in [2.45, 2.75) is 5.60 Å². The third-order valence-electron chi connectivity index (χ3n) is 3.35. The van der Waals surface area contributed by atoms with Crippen LogP contribution >= 0.6 is 0 Å². The van der Waals surface area contributed by atoms with E-state index in [-0.39, 0.29) is 22.6 Å².